The number of thioether (sulfide) groups is 1. The van der Waals surface area contributed by atoms with Gasteiger partial charge in [0.2, 0.25) is 5.91 Å². The van der Waals surface area contributed by atoms with Gasteiger partial charge < -0.3 is 21.1 Å². The number of carbonyl (C=O) groups excluding carboxylic acids is 1. The third kappa shape index (κ3) is 6.42. The standard InChI is InChI=1S/C12H17N3O2S2/c1-17-7-6-14-12(18)15-9-4-2-3-5-10(9)19-8-11(13)16/h2-5H,6-8H2,1H3,(H2,13,16)(H2,14,15,18). The van der Waals surface area contributed by atoms with E-state index in [9.17, 15) is 4.79 Å². The smallest absolute Gasteiger partial charge is 0.227 e. The monoisotopic (exact) mass is 299 g/mol. The van der Waals surface area contributed by atoms with Crippen LogP contribution >= 0.6 is 24.0 Å². The molecule has 0 aromatic heterocycles. The summed E-state index contributed by atoms with van der Waals surface area (Å²) < 4.78 is 4.93. The summed E-state index contributed by atoms with van der Waals surface area (Å²) >= 11 is 6.54. The number of ether oxygens (including phenoxy) is 1. The van der Waals surface area contributed by atoms with Gasteiger partial charge >= 0.3 is 0 Å². The number of nitrogens with two attached hydrogens (primary N) is 1. The average molecular weight is 299 g/mol. The van der Waals surface area contributed by atoms with Crippen molar-refractivity contribution in [1.82, 2.24) is 5.32 Å². The molecule has 0 saturated heterocycles. The number of hydrogen-bond donors (Lipinski definition) is 3. The predicted molar refractivity (Wildman–Crippen MR) is 82.5 cm³/mol. The van der Waals surface area contributed by atoms with Gasteiger partial charge in [-0.1, -0.05) is 12.1 Å². The first-order chi connectivity index (χ1) is 9.13. The van der Waals surface area contributed by atoms with Crippen LogP contribution in [0.2, 0.25) is 0 Å². The molecule has 5 nitrogen and oxygen atoms in total. The Morgan fingerprint density at radius 2 is 2.21 bits per heavy atom. The zero-order chi connectivity index (χ0) is 14.1. The maximum atomic E-state index is 10.8. The Hall–Kier alpha value is -1.31. The first kappa shape index (κ1) is 15.7. The second-order valence-electron chi connectivity index (χ2n) is 3.62. The maximum Gasteiger partial charge on any atom is 0.227 e. The van der Waals surface area contributed by atoms with Crippen molar-refractivity contribution in [3.8, 4) is 0 Å². The van der Waals surface area contributed by atoms with Crippen molar-refractivity contribution in [3.05, 3.63) is 24.3 Å². The van der Waals surface area contributed by atoms with Crippen LogP contribution in [0.5, 0.6) is 0 Å². The Bertz CT molecular complexity index is 441. The summed E-state index contributed by atoms with van der Waals surface area (Å²) in [7, 11) is 1.63. The van der Waals surface area contributed by atoms with Crippen LogP contribution in [0.3, 0.4) is 0 Å². The van der Waals surface area contributed by atoms with Crippen LogP contribution in [-0.4, -0.2) is 37.0 Å². The molecule has 0 aliphatic heterocycles. The molecule has 0 heterocycles. The first-order valence-corrected chi connectivity index (χ1v) is 7.06. The molecule has 1 rings (SSSR count). The summed E-state index contributed by atoms with van der Waals surface area (Å²) in [6, 6.07) is 7.60. The number of carbonyl (C=O) groups is 1. The van der Waals surface area contributed by atoms with Gasteiger partial charge in [-0.05, 0) is 24.4 Å². The van der Waals surface area contributed by atoms with Crippen molar-refractivity contribution < 1.29 is 9.53 Å². The first-order valence-electron chi connectivity index (χ1n) is 5.67. The molecule has 19 heavy (non-hydrogen) atoms. The Balaban J connectivity index is 2.56. The van der Waals surface area contributed by atoms with Crippen LogP contribution in [0.25, 0.3) is 0 Å². The molecule has 0 unspecified atom stereocenters. The maximum absolute atomic E-state index is 10.8. The van der Waals surface area contributed by atoms with E-state index < -0.39 is 0 Å². The van der Waals surface area contributed by atoms with E-state index in [4.69, 9.17) is 22.7 Å². The highest BCUT2D eigenvalue weighted by molar-refractivity contribution is 8.00. The summed E-state index contributed by atoms with van der Waals surface area (Å²) in [4.78, 5) is 11.7. The van der Waals surface area contributed by atoms with E-state index in [2.05, 4.69) is 10.6 Å². The van der Waals surface area contributed by atoms with Gasteiger partial charge in [0.15, 0.2) is 5.11 Å². The number of thiocarbonyl (C=S) groups is 1. The van der Waals surface area contributed by atoms with Crippen molar-refractivity contribution in [1.29, 1.82) is 0 Å². The minimum atomic E-state index is -0.347. The fraction of sp³-hybridized carbons (Fsp3) is 0.333. The Morgan fingerprint density at radius 1 is 1.47 bits per heavy atom. The second-order valence-corrected chi connectivity index (χ2v) is 5.05. The zero-order valence-corrected chi connectivity index (χ0v) is 12.3. The fourth-order valence-corrected chi connectivity index (χ4v) is 2.24. The molecule has 1 aromatic rings. The van der Waals surface area contributed by atoms with E-state index in [1.165, 1.54) is 11.8 Å². The van der Waals surface area contributed by atoms with Crippen molar-refractivity contribution in [2.24, 2.45) is 5.73 Å². The van der Waals surface area contributed by atoms with Gasteiger partial charge in [0.25, 0.3) is 0 Å². The Labute approximate surface area is 122 Å². The van der Waals surface area contributed by atoms with E-state index in [0.29, 0.717) is 18.3 Å². The molecule has 0 aliphatic carbocycles. The number of para-hydroxylation sites is 1. The lowest BCUT2D eigenvalue weighted by molar-refractivity contribution is -0.115. The summed E-state index contributed by atoms with van der Waals surface area (Å²) in [5.41, 5.74) is 5.99. The topological polar surface area (TPSA) is 76.4 Å². The van der Waals surface area contributed by atoms with Crippen molar-refractivity contribution in [3.63, 3.8) is 0 Å². The molecule has 0 bridgehead atoms. The van der Waals surface area contributed by atoms with E-state index in [0.717, 1.165) is 10.6 Å². The highest BCUT2D eigenvalue weighted by Gasteiger charge is 2.05. The fourth-order valence-electron chi connectivity index (χ4n) is 1.28. The van der Waals surface area contributed by atoms with Crippen LogP contribution in [0, 0.1) is 0 Å². The van der Waals surface area contributed by atoms with Gasteiger partial charge in [-0.3, -0.25) is 4.79 Å². The Kier molecular flexibility index (Phi) is 7.24. The van der Waals surface area contributed by atoms with Gasteiger partial charge in [-0.15, -0.1) is 11.8 Å². The molecule has 0 radical (unpaired) electrons. The molecule has 104 valence electrons. The van der Waals surface area contributed by atoms with E-state index in [1.807, 2.05) is 24.3 Å². The highest BCUT2D eigenvalue weighted by atomic mass is 32.2. The highest BCUT2D eigenvalue weighted by Crippen LogP contribution is 2.26. The molecule has 1 aromatic carbocycles. The van der Waals surface area contributed by atoms with Crippen LogP contribution in [0.1, 0.15) is 0 Å². The number of hydrogen-bond acceptors (Lipinski definition) is 4. The van der Waals surface area contributed by atoms with Crippen LogP contribution in [0.15, 0.2) is 29.2 Å². The number of rotatable bonds is 7. The lowest BCUT2D eigenvalue weighted by Crippen LogP contribution is -2.31. The number of primary amides is 1. The summed E-state index contributed by atoms with van der Waals surface area (Å²) in [5, 5.41) is 6.62. The minimum absolute atomic E-state index is 0.239. The lowest BCUT2D eigenvalue weighted by atomic mass is 10.3. The lowest BCUT2D eigenvalue weighted by Gasteiger charge is -2.13. The molecule has 4 N–H and O–H groups in total. The van der Waals surface area contributed by atoms with Gasteiger partial charge in [0.1, 0.15) is 0 Å². The zero-order valence-electron chi connectivity index (χ0n) is 10.6. The minimum Gasteiger partial charge on any atom is -0.383 e. The van der Waals surface area contributed by atoms with E-state index in [1.54, 1.807) is 7.11 Å². The van der Waals surface area contributed by atoms with Crippen LogP contribution < -0.4 is 16.4 Å². The molecule has 0 atom stereocenters. The second kappa shape index (κ2) is 8.73. The number of anilines is 1. The molecule has 0 saturated carbocycles. The van der Waals surface area contributed by atoms with E-state index >= 15 is 0 Å². The van der Waals surface area contributed by atoms with Crippen molar-refractivity contribution in [2.45, 2.75) is 4.90 Å². The molecule has 0 fully saturated rings. The third-order valence-corrected chi connectivity index (χ3v) is 3.44. The van der Waals surface area contributed by atoms with Crippen molar-refractivity contribution in [2.75, 3.05) is 31.3 Å². The molecule has 0 aliphatic rings. The van der Waals surface area contributed by atoms with Gasteiger partial charge in [0, 0.05) is 18.6 Å². The molecule has 0 spiro atoms. The van der Waals surface area contributed by atoms with Crippen LogP contribution in [0.4, 0.5) is 5.69 Å². The van der Waals surface area contributed by atoms with Crippen LogP contribution in [-0.2, 0) is 9.53 Å². The van der Waals surface area contributed by atoms with Crippen molar-refractivity contribution >= 4 is 40.7 Å². The van der Waals surface area contributed by atoms with E-state index in [-0.39, 0.29) is 11.7 Å². The SMILES string of the molecule is COCCNC(=S)Nc1ccccc1SCC(N)=O. The third-order valence-electron chi connectivity index (χ3n) is 2.10. The largest absolute Gasteiger partial charge is 0.383 e. The number of methoxy groups -OCH3 is 1. The normalized spacial score (nSPS) is 9.95. The quantitative estimate of drug-likeness (QED) is 0.399. The molecular formula is C12H17N3O2S2. The summed E-state index contributed by atoms with van der Waals surface area (Å²) in [6.07, 6.45) is 0. The number of nitrogens with one attached hydrogen (secondary N) is 2. The number of amides is 1. The number of benzene rings is 1. The van der Waals surface area contributed by atoms with Gasteiger partial charge in [-0.2, -0.15) is 0 Å². The molecular weight excluding hydrogens is 282 g/mol. The Morgan fingerprint density at radius 3 is 2.89 bits per heavy atom. The van der Waals surface area contributed by atoms with Gasteiger partial charge in [0.05, 0.1) is 18.0 Å². The summed E-state index contributed by atoms with van der Waals surface area (Å²) in [5.74, 6) is -0.108. The molecule has 1 amide bonds. The molecule has 7 heteroatoms. The predicted octanol–water partition coefficient (Wildman–Crippen LogP) is 1.20. The summed E-state index contributed by atoms with van der Waals surface area (Å²) in [6.45, 7) is 1.22. The van der Waals surface area contributed by atoms with Gasteiger partial charge in [-0.25, -0.2) is 0 Å². The average Bonchev–Trinajstić information content (AvgIpc) is 2.38.